The van der Waals surface area contributed by atoms with Crippen LogP contribution in [0, 0.1) is 5.82 Å². The Bertz CT molecular complexity index is 614. The van der Waals surface area contributed by atoms with Gasteiger partial charge in [-0.05, 0) is 48.9 Å². The number of hydrogen-bond acceptors (Lipinski definition) is 3. The molecule has 0 aliphatic rings. The zero-order chi connectivity index (χ0) is 15.8. The molecule has 0 saturated carbocycles. The van der Waals surface area contributed by atoms with Crippen LogP contribution in [0.25, 0.3) is 0 Å². The van der Waals surface area contributed by atoms with E-state index < -0.39 is 5.82 Å². The molecule has 2 rings (SSSR count). The largest absolute Gasteiger partial charge is 0.385 e. The van der Waals surface area contributed by atoms with Crippen molar-refractivity contribution in [3.8, 4) is 0 Å². The SMILES string of the molecule is COCCCNc1ccc(NC(=O)c2cccc(F)c2)cc1. The number of ether oxygens (including phenoxy) is 1. The van der Waals surface area contributed by atoms with Gasteiger partial charge in [0, 0.05) is 37.2 Å². The van der Waals surface area contributed by atoms with E-state index in [9.17, 15) is 9.18 Å². The van der Waals surface area contributed by atoms with Crippen LogP contribution < -0.4 is 10.6 Å². The number of rotatable bonds is 7. The van der Waals surface area contributed by atoms with E-state index in [0.29, 0.717) is 11.3 Å². The van der Waals surface area contributed by atoms with Gasteiger partial charge >= 0.3 is 0 Å². The third-order valence-corrected chi connectivity index (χ3v) is 3.08. The van der Waals surface area contributed by atoms with Crippen LogP contribution in [0.5, 0.6) is 0 Å². The van der Waals surface area contributed by atoms with Gasteiger partial charge in [0.05, 0.1) is 0 Å². The average molecular weight is 302 g/mol. The molecule has 0 unspecified atom stereocenters. The van der Waals surface area contributed by atoms with Crippen LogP contribution in [-0.4, -0.2) is 26.2 Å². The molecule has 0 heterocycles. The maximum absolute atomic E-state index is 13.1. The van der Waals surface area contributed by atoms with E-state index in [1.807, 2.05) is 12.1 Å². The summed E-state index contributed by atoms with van der Waals surface area (Å²) in [6, 6.07) is 13.0. The van der Waals surface area contributed by atoms with Crippen molar-refractivity contribution in [2.24, 2.45) is 0 Å². The van der Waals surface area contributed by atoms with Crippen LogP contribution >= 0.6 is 0 Å². The van der Waals surface area contributed by atoms with E-state index in [2.05, 4.69) is 10.6 Å². The summed E-state index contributed by atoms with van der Waals surface area (Å²) < 4.78 is 18.1. The predicted octanol–water partition coefficient (Wildman–Crippen LogP) is 3.53. The van der Waals surface area contributed by atoms with Crippen LogP contribution in [0.2, 0.25) is 0 Å². The minimum absolute atomic E-state index is 0.293. The molecule has 0 radical (unpaired) electrons. The number of methoxy groups -OCH3 is 1. The summed E-state index contributed by atoms with van der Waals surface area (Å²) in [5, 5.41) is 5.99. The Labute approximate surface area is 129 Å². The van der Waals surface area contributed by atoms with Gasteiger partial charge in [-0.25, -0.2) is 4.39 Å². The zero-order valence-electron chi connectivity index (χ0n) is 12.4. The molecule has 0 fully saturated rings. The number of anilines is 2. The van der Waals surface area contributed by atoms with Gasteiger partial charge in [0.1, 0.15) is 5.82 Å². The van der Waals surface area contributed by atoms with Gasteiger partial charge < -0.3 is 15.4 Å². The van der Waals surface area contributed by atoms with Crippen molar-refractivity contribution in [3.05, 3.63) is 59.9 Å². The van der Waals surface area contributed by atoms with Gasteiger partial charge in [0.15, 0.2) is 0 Å². The molecule has 0 aliphatic carbocycles. The van der Waals surface area contributed by atoms with Crippen LogP contribution in [0.1, 0.15) is 16.8 Å². The summed E-state index contributed by atoms with van der Waals surface area (Å²) >= 11 is 0. The van der Waals surface area contributed by atoms with Gasteiger partial charge in [0.2, 0.25) is 0 Å². The second-order valence-electron chi connectivity index (χ2n) is 4.81. The number of hydrogen-bond donors (Lipinski definition) is 2. The first kappa shape index (κ1) is 16.0. The Balaban J connectivity index is 1.89. The standard InChI is InChI=1S/C17H19FN2O2/c1-22-11-3-10-19-15-6-8-16(9-7-15)20-17(21)13-4-2-5-14(18)12-13/h2,4-9,12,19H,3,10-11H2,1H3,(H,20,21). The molecule has 0 bridgehead atoms. The summed E-state index contributed by atoms with van der Waals surface area (Å²) in [7, 11) is 1.68. The first-order chi connectivity index (χ1) is 10.7. The fourth-order valence-corrected chi connectivity index (χ4v) is 1.95. The van der Waals surface area contributed by atoms with Crippen LogP contribution in [0.3, 0.4) is 0 Å². The Kier molecular flexibility index (Phi) is 5.91. The number of benzene rings is 2. The zero-order valence-corrected chi connectivity index (χ0v) is 12.4. The van der Waals surface area contributed by atoms with Crippen molar-refractivity contribution in [2.45, 2.75) is 6.42 Å². The molecule has 0 aliphatic heterocycles. The molecular formula is C17H19FN2O2. The molecular weight excluding hydrogens is 283 g/mol. The molecule has 5 heteroatoms. The summed E-state index contributed by atoms with van der Waals surface area (Å²) in [5.74, 6) is -0.761. The molecule has 0 spiro atoms. The molecule has 4 nitrogen and oxygen atoms in total. The van der Waals surface area contributed by atoms with Crippen LogP contribution in [0.15, 0.2) is 48.5 Å². The van der Waals surface area contributed by atoms with E-state index in [1.165, 1.54) is 18.2 Å². The van der Waals surface area contributed by atoms with Crippen molar-refractivity contribution in [3.63, 3.8) is 0 Å². The number of amides is 1. The highest BCUT2D eigenvalue weighted by Crippen LogP contribution is 2.15. The fraction of sp³-hybridized carbons (Fsp3) is 0.235. The summed E-state index contributed by atoms with van der Waals surface area (Å²) in [6.45, 7) is 1.54. The van der Waals surface area contributed by atoms with Gasteiger partial charge in [-0.3, -0.25) is 4.79 Å². The summed E-state index contributed by atoms with van der Waals surface area (Å²) in [4.78, 5) is 12.0. The maximum Gasteiger partial charge on any atom is 0.255 e. The molecule has 116 valence electrons. The predicted molar refractivity (Wildman–Crippen MR) is 85.8 cm³/mol. The third kappa shape index (κ3) is 4.86. The number of carbonyl (C=O) groups excluding carboxylic acids is 1. The highest BCUT2D eigenvalue weighted by molar-refractivity contribution is 6.04. The number of nitrogens with one attached hydrogen (secondary N) is 2. The maximum atomic E-state index is 13.1. The first-order valence-corrected chi connectivity index (χ1v) is 7.09. The van der Waals surface area contributed by atoms with Gasteiger partial charge in [-0.15, -0.1) is 0 Å². The molecule has 22 heavy (non-hydrogen) atoms. The van der Waals surface area contributed by atoms with E-state index in [1.54, 1.807) is 25.3 Å². The summed E-state index contributed by atoms with van der Waals surface area (Å²) in [5.41, 5.74) is 1.93. The Morgan fingerprint density at radius 3 is 2.55 bits per heavy atom. The molecule has 2 aromatic rings. The Morgan fingerprint density at radius 1 is 1.14 bits per heavy atom. The molecule has 2 aromatic carbocycles. The molecule has 0 saturated heterocycles. The van der Waals surface area contributed by atoms with Crippen molar-refractivity contribution in [1.29, 1.82) is 0 Å². The Morgan fingerprint density at radius 2 is 1.86 bits per heavy atom. The first-order valence-electron chi connectivity index (χ1n) is 7.09. The van der Waals surface area contributed by atoms with E-state index in [4.69, 9.17) is 4.74 Å². The second-order valence-corrected chi connectivity index (χ2v) is 4.81. The smallest absolute Gasteiger partial charge is 0.255 e. The van der Waals surface area contributed by atoms with E-state index in [0.717, 1.165) is 25.3 Å². The highest BCUT2D eigenvalue weighted by atomic mass is 19.1. The molecule has 0 atom stereocenters. The van der Waals surface area contributed by atoms with Crippen LogP contribution in [0.4, 0.5) is 15.8 Å². The monoisotopic (exact) mass is 302 g/mol. The van der Waals surface area contributed by atoms with Crippen molar-refractivity contribution >= 4 is 17.3 Å². The van der Waals surface area contributed by atoms with Gasteiger partial charge in [-0.1, -0.05) is 6.07 Å². The second kappa shape index (κ2) is 8.14. The lowest BCUT2D eigenvalue weighted by Gasteiger charge is -2.08. The summed E-state index contributed by atoms with van der Waals surface area (Å²) in [6.07, 6.45) is 0.925. The lowest BCUT2D eigenvalue weighted by Crippen LogP contribution is -2.12. The fourth-order valence-electron chi connectivity index (χ4n) is 1.95. The molecule has 2 N–H and O–H groups in total. The normalized spacial score (nSPS) is 10.3. The van der Waals surface area contributed by atoms with Gasteiger partial charge in [0.25, 0.3) is 5.91 Å². The van der Waals surface area contributed by atoms with Crippen molar-refractivity contribution in [2.75, 3.05) is 30.9 Å². The average Bonchev–Trinajstić information content (AvgIpc) is 2.53. The topological polar surface area (TPSA) is 50.4 Å². The van der Waals surface area contributed by atoms with Gasteiger partial charge in [-0.2, -0.15) is 0 Å². The minimum Gasteiger partial charge on any atom is -0.385 e. The number of carbonyl (C=O) groups is 1. The Hall–Kier alpha value is -2.40. The highest BCUT2D eigenvalue weighted by Gasteiger charge is 2.06. The third-order valence-electron chi connectivity index (χ3n) is 3.08. The van der Waals surface area contributed by atoms with Crippen LogP contribution in [-0.2, 0) is 4.74 Å². The van der Waals surface area contributed by atoms with E-state index >= 15 is 0 Å². The lowest BCUT2D eigenvalue weighted by atomic mass is 10.2. The van der Waals surface area contributed by atoms with Crippen molar-refractivity contribution < 1.29 is 13.9 Å². The van der Waals surface area contributed by atoms with Crippen molar-refractivity contribution in [1.82, 2.24) is 0 Å². The quantitative estimate of drug-likeness (QED) is 0.769. The number of halogens is 1. The molecule has 0 aromatic heterocycles. The molecule has 1 amide bonds. The lowest BCUT2D eigenvalue weighted by molar-refractivity contribution is 0.102. The minimum atomic E-state index is -0.428. The van der Waals surface area contributed by atoms with E-state index in [-0.39, 0.29) is 5.91 Å².